The molecule has 144 valence electrons. The SMILES string of the molecule is C[C@H](Oc1cccc(F)c1)C(=O)N(Cc1ccccc1)[C@@H]1CCS(=O)(=O)C1. The third-order valence-corrected chi connectivity index (χ3v) is 6.34. The van der Waals surface area contributed by atoms with Gasteiger partial charge >= 0.3 is 0 Å². The van der Waals surface area contributed by atoms with Crippen LogP contribution in [-0.2, 0) is 21.2 Å². The third-order valence-electron chi connectivity index (χ3n) is 4.58. The van der Waals surface area contributed by atoms with Gasteiger partial charge in [0.2, 0.25) is 0 Å². The van der Waals surface area contributed by atoms with Crippen molar-refractivity contribution in [1.29, 1.82) is 0 Å². The van der Waals surface area contributed by atoms with Crippen LogP contribution >= 0.6 is 0 Å². The lowest BCUT2D eigenvalue weighted by molar-refractivity contribution is -0.140. The molecule has 0 aromatic heterocycles. The Bertz CT molecular complexity index is 901. The molecule has 1 heterocycles. The summed E-state index contributed by atoms with van der Waals surface area (Å²) in [4.78, 5) is 14.6. The van der Waals surface area contributed by atoms with E-state index < -0.39 is 21.8 Å². The molecule has 7 heteroatoms. The number of nitrogens with zero attached hydrogens (tertiary/aromatic N) is 1. The summed E-state index contributed by atoms with van der Waals surface area (Å²) >= 11 is 0. The Kier molecular flexibility index (Phi) is 5.79. The zero-order chi connectivity index (χ0) is 19.4. The topological polar surface area (TPSA) is 63.7 Å². The molecule has 27 heavy (non-hydrogen) atoms. The third kappa shape index (κ3) is 5.07. The van der Waals surface area contributed by atoms with Crippen molar-refractivity contribution in [3.8, 4) is 5.75 Å². The fraction of sp³-hybridized carbons (Fsp3) is 0.350. The van der Waals surface area contributed by atoms with Crippen LogP contribution in [0.25, 0.3) is 0 Å². The summed E-state index contributed by atoms with van der Waals surface area (Å²) in [5, 5.41) is 0. The monoisotopic (exact) mass is 391 g/mol. The molecule has 3 rings (SSSR count). The molecule has 0 N–H and O–H groups in total. The van der Waals surface area contributed by atoms with Gasteiger partial charge in [-0.05, 0) is 31.0 Å². The number of carbonyl (C=O) groups excluding carboxylic acids is 1. The largest absolute Gasteiger partial charge is 0.481 e. The Labute approximate surface area is 158 Å². The van der Waals surface area contributed by atoms with Gasteiger partial charge in [-0.2, -0.15) is 0 Å². The first-order chi connectivity index (χ1) is 12.8. The van der Waals surface area contributed by atoms with Crippen molar-refractivity contribution in [2.75, 3.05) is 11.5 Å². The van der Waals surface area contributed by atoms with Crippen LogP contribution in [0.1, 0.15) is 18.9 Å². The van der Waals surface area contributed by atoms with E-state index in [1.54, 1.807) is 17.9 Å². The van der Waals surface area contributed by atoms with Gasteiger partial charge in [-0.15, -0.1) is 0 Å². The highest BCUT2D eigenvalue weighted by molar-refractivity contribution is 7.91. The maximum Gasteiger partial charge on any atom is 0.263 e. The second-order valence-corrected chi connectivity index (χ2v) is 8.95. The van der Waals surface area contributed by atoms with E-state index in [0.29, 0.717) is 13.0 Å². The summed E-state index contributed by atoms with van der Waals surface area (Å²) in [5.74, 6) is -0.469. The van der Waals surface area contributed by atoms with Gasteiger partial charge in [0.05, 0.1) is 11.5 Å². The molecule has 0 bridgehead atoms. The van der Waals surface area contributed by atoms with E-state index in [-0.39, 0.29) is 29.2 Å². The van der Waals surface area contributed by atoms with Crippen molar-refractivity contribution < 1.29 is 22.3 Å². The van der Waals surface area contributed by atoms with Crippen LogP contribution < -0.4 is 4.74 Å². The van der Waals surface area contributed by atoms with E-state index in [1.165, 1.54) is 18.2 Å². The van der Waals surface area contributed by atoms with Gasteiger partial charge in [-0.25, -0.2) is 12.8 Å². The van der Waals surface area contributed by atoms with E-state index in [0.717, 1.165) is 5.56 Å². The zero-order valence-electron chi connectivity index (χ0n) is 15.0. The van der Waals surface area contributed by atoms with Gasteiger partial charge in [0.1, 0.15) is 11.6 Å². The Morgan fingerprint density at radius 2 is 1.96 bits per heavy atom. The molecule has 0 spiro atoms. The Morgan fingerprint density at radius 1 is 1.22 bits per heavy atom. The van der Waals surface area contributed by atoms with Crippen LogP contribution in [0.15, 0.2) is 54.6 Å². The van der Waals surface area contributed by atoms with Crippen LogP contribution in [0.2, 0.25) is 0 Å². The number of benzene rings is 2. The zero-order valence-corrected chi connectivity index (χ0v) is 15.9. The van der Waals surface area contributed by atoms with Gasteiger partial charge in [-0.3, -0.25) is 4.79 Å². The van der Waals surface area contributed by atoms with Crippen molar-refractivity contribution in [2.45, 2.75) is 32.0 Å². The first-order valence-electron chi connectivity index (χ1n) is 8.81. The van der Waals surface area contributed by atoms with E-state index in [4.69, 9.17) is 4.74 Å². The molecule has 2 atom stereocenters. The number of carbonyl (C=O) groups is 1. The minimum atomic E-state index is -3.14. The fourth-order valence-corrected chi connectivity index (χ4v) is 4.95. The average Bonchev–Trinajstić information content (AvgIpc) is 2.99. The van der Waals surface area contributed by atoms with E-state index >= 15 is 0 Å². The van der Waals surface area contributed by atoms with Crippen LogP contribution in [0, 0.1) is 5.82 Å². The predicted molar refractivity (Wildman–Crippen MR) is 101 cm³/mol. The molecule has 0 saturated carbocycles. The quantitative estimate of drug-likeness (QED) is 0.760. The summed E-state index contributed by atoms with van der Waals surface area (Å²) in [6.45, 7) is 1.89. The number of ether oxygens (including phenoxy) is 1. The number of hydrogen-bond donors (Lipinski definition) is 0. The molecule has 2 aromatic carbocycles. The molecule has 5 nitrogen and oxygen atoms in total. The molecule has 1 saturated heterocycles. The van der Waals surface area contributed by atoms with Gasteiger partial charge in [0.25, 0.3) is 5.91 Å². The second kappa shape index (κ2) is 8.08. The summed E-state index contributed by atoms with van der Waals surface area (Å²) in [7, 11) is -3.14. The Morgan fingerprint density at radius 3 is 2.59 bits per heavy atom. The van der Waals surface area contributed by atoms with Gasteiger partial charge in [-0.1, -0.05) is 36.4 Å². The van der Waals surface area contributed by atoms with E-state index in [9.17, 15) is 17.6 Å². The fourth-order valence-electron chi connectivity index (χ4n) is 3.22. The molecule has 1 aliphatic heterocycles. The second-order valence-electron chi connectivity index (χ2n) is 6.73. The molecular formula is C20H22FNO4S. The smallest absolute Gasteiger partial charge is 0.263 e. The predicted octanol–water partition coefficient (Wildman–Crippen LogP) is 2.81. The highest BCUT2D eigenvalue weighted by atomic mass is 32.2. The molecule has 1 amide bonds. The maximum absolute atomic E-state index is 13.4. The normalized spacial score (nSPS) is 19.4. The first kappa shape index (κ1) is 19.4. The van der Waals surface area contributed by atoms with Crippen LogP contribution in [0.4, 0.5) is 4.39 Å². The Hall–Kier alpha value is -2.41. The van der Waals surface area contributed by atoms with Crippen molar-refractivity contribution in [1.82, 2.24) is 4.90 Å². The van der Waals surface area contributed by atoms with Gasteiger partial charge < -0.3 is 9.64 Å². The molecular weight excluding hydrogens is 369 g/mol. The Balaban J connectivity index is 1.79. The number of halogens is 1. The van der Waals surface area contributed by atoms with Crippen molar-refractivity contribution >= 4 is 15.7 Å². The lowest BCUT2D eigenvalue weighted by atomic mass is 10.1. The summed E-state index contributed by atoms with van der Waals surface area (Å²) in [6, 6.07) is 14.6. The van der Waals surface area contributed by atoms with Gasteiger partial charge in [0.15, 0.2) is 15.9 Å². The van der Waals surface area contributed by atoms with Crippen LogP contribution in [-0.4, -0.2) is 42.9 Å². The van der Waals surface area contributed by atoms with Crippen molar-refractivity contribution in [3.05, 3.63) is 66.0 Å². The number of hydrogen-bond acceptors (Lipinski definition) is 4. The summed E-state index contributed by atoms with van der Waals surface area (Å²) < 4.78 is 42.8. The van der Waals surface area contributed by atoms with E-state index in [1.807, 2.05) is 30.3 Å². The molecule has 1 aliphatic rings. The van der Waals surface area contributed by atoms with E-state index in [2.05, 4.69) is 0 Å². The van der Waals surface area contributed by atoms with Gasteiger partial charge in [0, 0.05) is 18.7 Å². The summed E-state index contributed by atoms with van der Waals surface area (Å²) in [5.41, 5.74) is 0.910. The molecule has 0 unspecified atom stereocenters. The minimum Gasteiger partial charge on any atom is -0.481 e. The standard InChI is InChI=1S/C20H22FNO4S/c1-15(26-19-9-5-8-17(21)12-19)20(23)22(13-16-6-3-2-4-7-16)18-10-11-27(24,25)14-18/h2-9,12,15,18H,10-11,13-14H2,1H3/t15-,18+/m0/s1. The molecule has 1 fully saturated rings. The van der Waals surface area contributed by atoms with Crippen molar-refractivity contribution in [3.63, 3.8) is 0 Å². The molecule has 2 aromatic rings. The first-order valence-corrected chi connectivity index (χ1v) is 10.6. The average molecular weight is 391 g/mol. The number of amides is 1. The summed E-state index contributed by atoms with van der Waals surface area (Å²) in [6.07, 6.45) is -0.452. The lowest BCUT2D eigenvalue weighted by Crippen LogP contribution is -2.46. The number of sulfone groups is 1. The highest BCUT2D eigenvalue weighted by Gasteiger charge is 2.36. The lowest BCUT2D eigenvalue weighted by Gasteiger charge is -2.31. The molecule has 0 radical (unpaired) electrons. The van der Waals surface area contributed by atoms with Crippen LogP contribution in [0.5, 0.6) is 5.75 Å². The maximum atomic E-state index is 13.4. The number of rotatable bonds is 6. The molecule has 0 aliphatic carbocycles. The van der Waals surface area contributed by atoms with Crippen LogP contribution in [0.3, 0.4) is 0 Å². The van der Waals surface area contributed by atoms with Crippen molar-refractivity contribution in [2.24, 2.45) is 0 Å². The minimum absolute atomic E-state index is 0.0434. The highest BCUT2D eigenvalue weighted by Crippen LogP contribution is 2.22.